The lowest BCUT2D eigenvalue weighted by molar-refractivity contribution is -0.122. The molecule has 1 N–H and O–H groups in total. The maximum Gasteiger partial charge on any atom is 0.261 e. The zero-order valence-corrected chi connectivity index (χ0v) is 20.1. The van der Waals surface area contributed by atoms with E-state index in [0.717, 1.165) is 25.5 Å². The van der Waals surface area contributed by atoms with E-state index in [9.17, 15) is 22.8 Å². The van der Waals surface area contributed by atoms with Gasteiger partial charge in [-0.15, -0.1) is 0 Å². The Morgan fingerprint density at radius 2 is 1.76 bits per heavy atom. The van der Waals surface area contributed by atoms with Gasteiger partial charge in [0.2, 0.25) is 5.91 Å². The molecule has 1 aliphatic carbocycles. The summed E-state index contributed by atoms with van der Waals surface area (Å²) in [5.41, 5.74) is 1.43. The van der Waals surface area contributed by atoms with Crippen LogP contribution in [0, 0.1) is 11.8 Å². The number of carbonyl (C=O) groups excluding carboxylic acids is 3. The van der Waals surface area contributed by atoms with Gasteiger partial charge in [-0.3, -0.25) is 19.3 Å². The zero-order chi connectivity index (χ0) is 24.0. The van der Waals surface area contributed by atoms with Crippen LogP contribution in [0.1, 0.15) is 46.4 Å². The average molecular weight is 498 g/mol. The number of amides is 3. The Morgan fingerprint density at radius 3 is 2.44 bits per heavy atom. The Bertz CT molecular complexity index is 1390. The van der Waals surface area contributed by atoms with Crippen LogP contribution in [0.3, 0.4) is 0 Å². The molecule has 0 saturated heterocycles. The first-order valence-electron chi connectivity index (χ1n) is 11.1. The van der Waals surface area contributed by atoms with E-state index in [4.69, 9.17) is 0 Å². The monoisotopic (exact) mass is 497 g/mol. The van der Waals surface area contributed by atoms with E-state index in [1.165, 1.54) is 22.3 Å². The van der Waals surface area contributed by atoms with E-state index in [2.05, 4.69) is 10.3 Å². The predicted molar refractivity (Wildman–Crippen MR) is 129 cm³/mol. The molecule has 34 heavy (non-hydrogen) atoms. The van der Waals surface area contributed by atoms with Crippen molar-refractivity contribution >= 4 is 54.2 Å². The molecule has 1 saturated carbocycles. The Morgan fingerprint density at radius 1 is 1.09 bits per heavy atom. The van der Waals surface area contributed by atoms with Gasteiger partial charge in [0.05, 0.1) is 26.2 Å². The van der Waals surface area contributed by atoms with Crippen LogP contribution in [0.25, 0.3) is 10.2 Å². The molecule has 3 amide bonds. The highest BCUT2D eigenvalue weighted by atomic mass is 32.2. The molecule has 176 valence electrons. The smallest absolute Gasteiger partial charge is 0.261 e. The highest BCUT2D eigenvalue weighted by molar-refractivity contribution is 7.90. The molecular weight excluding hydrogens is 474 g/mol. The first-order chi connectivity index (χ1) is 16.2. The number of hydrogen-bond acceptors (Lipinski definition) is 7. The Hall–Kier alpha value is -3.11. The summed E-state index contributed by atoms with van der Waals surface area (Å²) >= 11 is 1.22. The maximum absolute atomic E-state index is 13.2. The van der Waals surface area contributed by atoms with Crippen molar-refractivity contribution in [2.24, 2.45) is 11.8 Å². The highest BCUT2D eigenvalue weighted by Crippen LogP contribution is 2.35. The number of nitrogens with zero attached hydrogens (tertiary/aromatic N) is 2. The molecule has 2 heterocycles. The van der Waals surface area contributed by atoms with E-state index in [1.54, 1.807) is 36.4 Å². The van der Waals surface area contributed by atoms with E-state index >= 15 is 0 Å². The minimum Gasteiger partial charge on any atom is -0.302 e. The molecule has 2 atom stereocenters. The highest BCUT2D eigenvalue weighted by Gasteiger charge is 2.40. The van der Waals surface area contributed by atoms with E-state index in [1.807, 2.05) is 0 Å². The molecule has 1 fully saturated rings. The lowest BCUT2D eigenvalue weighted by Crippen LogP contribution is -2.41. The summed E-state index contributed by atoms with van der Waals surface area (Å²) in [6.07, 6.45) is 4.41. The fourth-order valence-corrected chi connectivity index (χ4v) is 6.43. The maximum atomic E-state index is 13.2. The van der Waals surface area contributed by atoms with Crippen LogP contribution in [-0.4, -0.2) is 48.8 Å². The number of anilines is 1. The molecule has 5 rings (SSSR count). The molecule has 0 bridgehead atoms. The zero-order valence-electron chi connectivity index (χ0n) is 18.5. The molecular formula is C24H23N3O5S2. The van der Waals surface area contributed by atoms with Gasteiger partial charge < -0.3 is 5.32 Å². The van der Waals surface area contributed by atoms with Gasteiger partial charge in [0.1, 0.15) is 0 Å². The van der Waals surface area contributed by atoms with Crippen molar-refractivity contribution in [1.82, 2.24) is 9.88 Å². The quantitative estimate of drug-likeness (QED) is 0.537. The summed E-state index contributed by atoms with van der Waals surface area (Å²) in [7, 11) is -3.34. The van der Waals surface area contributed by atoms with Gasteiger partial charge in [0.25, 0.3) is 11.8 Å². The van der Waals surface area contributed by atoms with Crippen molar-refractivity contribution < 1.29 is 22.8 Å². The Labute approximate surface area is 200 Å². The van der Waals surface area contributed by atoms with E-state index in [0.29, 0.717) is 32.9 Å². The number of sulfone groups is 1. The van der Waals surface area contributed by atoms with Crippen molar-refractivity contribution in [2.75, 3.05) is 18.1 Å². The molecule has 8 nitrogen and oxygen atoms in total. The fourth-order valence-electron chi connectivity index (χ4n) is 4.80. The number of rotatable bonds is 5. The van der Waals surface area contributed by atoms with Crippen LogP contribution in [0.15, 0.2) is 47.4 Å². The normalized spacial score (nSPS) is 20.6. The van der Waals surface area contributed by atoms with Crippen LogP contribution < -0.4 is 5.32 Å². The molecule has 3 aromatic rings. The number of carbonyl (C=O) groups is 3. The third-order valence-corrected chi connectivity index (χ3v) is 8.60. The van der Waals surface area contributed by atoms with Crippen LogP contribution in [0.5, 0.6) is 0 Å². The van der Waals surface area contributed by atoms with Crippen molar-refractivity contribution in [3.8, 4) is 0 Å². The summed E-state index contributed by atoms with van der Waals surface area (Å²) in [6.45, 7) is 0.210. The molecule has 2 aliphatic rings. The summed E-state index contributed by atoms with van der Waals surface area (Å²) in [6, 6.07) is 11.5. The SMILES string of the molecule is CS(=O)(=O)c1ccc2nc(NC(=O)C3CCCCC3CN3C(=O)c4ccccc4C3=O)sc2c1. The van der Waals surface area contributed by atoms with E-state index in [-0.39, 0.29) is 41.0 Å². The molecule has 0 radical (unpaired) electrons. The number of hydrogen-bond donors (Lipinski definition) is 1. The minimum atomic E-state index is -3.34. The number of nitrogens with one attached hydrogen (secondary N) is 1. The van der Waals surface area contributed by atoms with Crippen LogP contribution >= 0.6 is 11.3 Å². The van der Waals surface area contributed by atoms with Crippen molar-refractivity contribution in [3.05, 3.63) is 53.6 Å². The van der Waals surface area contributed by atoms with Gasteiger partial charge in [-0.05, 0) is 49.1 Å². The predicted octanol–water partition coefficient (Wildman–Crippen LogP) is 3.74. The molecule has 10 heteroatoms. The van der Waals surface area contributed by atoms with E-state index < -0.39 is 9.84 Å². The second kappa shape index (κ2) is 8.59. The molecule has 1 aromatic heterocycles. The number of aromatic nitrogens is 1. The lowest BCUT2D eigenvalue weighted by Gasteiger charge is -2.32. The third kappa shape index (κ3) is 4.12. The van der Waals surface area contributed by atoms with Crippen LogP contribution in [0.2, 0.25) is 0 Å². The Kier molecular flexibility index (Phi) is 5.73. The van der Waals surface area contributed by atoms with Gasteiger partial charge in [0, 0.05) is 18.7 Å². The van der Waals surface area contributed by atoms with Crippen molar-refractivity contribution in [2.45, 2.75) is 30.6 Å². The topological polar surface area (TPSA) is 114 Å². The standard InChI is InChI=1S/C24H23N3O5S2/c1-34(31,32)15-10-11-19-20(12-15)33-24(25-19)26-21(28)16-7-3-2-6-14(16)13-27-22(29)17-8-4-5-9-18(17)23(27)30/h4-5,8-12,14,16H,2-3,6-7,13H2,1H3,(H,25,26,28). The minimum absolute atomic E-state index is 0.137. The second-order valence-corrected chi connectivity index (χ2v) is 11.9. The van der Waals surface area contributed by atoms with Gasteiger partial charge in [0.15, 0.2) is 15.0 Å². The summed E-state index contributed by atoms with van der Waals surface area (Å²) in [4.78, 5) is 44.7. The molecule has 1 aliphatic heterocycles. The summed E-state index contributed by atoms with van der Waals surface area (Å²) < 4.78 is 24.3. The lowest BCUT2D eigenvalue weighted by atomic mass is 9.78. The van der Waals surface area contributed by atoms with Gasteiger partial charge >= 0.3 is 0 Å². The van der Waals surface area contributed by atoms with Crippen LogP contribution in [-0.2, 0) is 14.6 Å². The third-order valence-electron chi connectivity index (χ3n) is 6.56. The van der Waals surface area contributed by atoms with Gasteiger partial charge in [-0.25, -0.2) is 13.4 Å². The summed E-state index contributed by atoms with van der Waals surface area (Å²) in [5, 5.41) is 3.28. The summed E-state index contributed by atoms with van der Waals surface area (Å²) in [5.74, 6) is -1.29. The van der Waals surface area contributed by atoms with Crippen molar-refractivity contribution in [3.63, 3.8) is 0 Å². The molecule has 2 aromatic carbocycles. The number of thiazole rings is 1. The largest absolute Gasteiger partial charge is 0.302 e. The van der Waals surface area contributed by atoms with Gasteiger partial charge in [-0.1, -0.05) is 36.3 Å². The Balaban J connectivity index is 1.33. The van der Waals surface area contributed by atoms with Gasteiger partial charge in [-0.2, -0.15) is 0 Å². The molecule has 2 unspecified atom stereocenters. The average Bonchev–Trinajstić information content (AvgIpc) is 3.32. The van der Waals surface area contributed by atoms with Crippen molar-refractivity contribution in [1.29, 1.82) is 0 Å². The fraction of sp³-hybridized carbons (Fsp3) is 0.333. The number of imide groups is 1. The number of fused-ring (bicyclic) bond motifs is 2. The molecule has 0 spiro atoms. The first-order valence-corrected chi connectivity index (χ1v) is 13.8. The second-order valence-electron chi connectivity index (χ2n) is 8.83. The van der Waals surface area contributed by atoms with Crippen LogP contribution in [0.4, 0.5) is 5.13 Å². The number of benzene rings is 2. The first kappa shape index (κ1) is 22.7.